The van der Waals surface area contributed by atoms with Crippen LogP contribution in [0.15, 0.2) is 65.6 Å². The van der Waals surface area contributed by atoms with Gasteiger partial charge in [-0.25, -0.2) is 0 Å². The lowest BCUT2D eigenvalue weighted by molar-refractivity contribution is 1.02. The SMILES string of the molecule is N#Cc1ccc(Nc2nc(N)n(Sc3cccc4cc(C#N)ccc34)n2)cc1. The molecule has 1 heterocycles. The molecular formula is C20H13N7S. The summed E-state index contributed by atoms with van der Waals surface area (Å²) in [7, 11) is 0. The number of hydrogen-bond acceptors (Lipinski definition) is 7. The molecule has 28 heavy (non-hydrogen) atoms. The number of nitrogens with zero attached hydrogens (tertiary/aromatic N) is 5. The summed E-state index contributed by atoms with van der Waals surface area (Å²) in [5.41, 5.74) is 7.97. The number of nitriles is 2. The lowest BCUT2D eigenvalue weighted by Gasteiger charge is -2.06. The summed E-state index contributed by atoms with van der Waals surface area (Å²) in [4.78, 5) is 5.19. The van der Waals surface area contributed by atoms with E-state index in [2.05, 4.69) is 27.5 Å². The molecule has 0 saturated carbocycles. The molecule has 0 amide bonds. The molecule has 0 aliphatic rings. The van der Waals surface area contributed by atoms with Crippen molar-refractivity contribution in [3.8, 4) is 12.1 Å². The average molecular weight is 383 g/mol. The topological polar surface area (TPSA) is 116 Å². The van der Waals surface area contributed by atoms with E-state index in [0.717, 1.165) is 21.4 Å². The molecule has 1 aromatic heterocycles. The molecule has 0 spiro atoms. The summed E-state index contributed by atoms with van der Waals surface area (Å²) in [5, 5.41) is 27.4. The van der Waals surface area contributed by atoms with Crippen LogP contribution in [0.25, 0.3) is 10.8 Å². The number of nitrogen functional groups attached to an aromatic ring is 1. The van der Waals surface area contributed by atoms with Crippen molar-refractivity contribution in [2.75, 3.05) is 11.1 Å². The Balaban J connectivity index is 1.60. The monoisotopic (exact) mass is 383 g/mol. The Morgan fingerprint density at radius 2 is 1.71 bits per heavy atom. The molecule has 0 aliphatic heterocycles. The minimum absolute atomic E-state index is 0.256. The first-order chi connectivity index (χ1) is 13.7. The molecule has 0 saturated heterocycles. The first kappa shape index (κ1) is 17.4. The van der Waals surface area contributed by atoms with Crippen LogP contribution in [0.3, 0.4) is 0 Å². The maximum atomic E-state index is 9.07. The summed E-state index contributed by atoms with van der Waals surface area (Å²) < 4.78 is 1.54. The van der Waals surface area contributed by atoms with Gasteiger partial charge in [-0.05, 0) is 53.2 Å². The van der Waals surface area contributed by atoms with Crippen molar-refractivity contribution in [1.29, 1.82) is 10.5 Å². The maximum Gasteiger partial charge on any atom is 0.249 e. The third kappa shape index (κ3) is 3.45. The third-order valence-corrected chi connectivity index (χ3v) is 5.02. The van der Waals surface area contributed by atoms with E-state index in [1.807, 2.05) is 30.3 Å². The lowest BCUT2D eigenvalue weighted by atomic mass is 10.1. The van der Waals surface area contributed by atoms with E-state index < -0.39 is 0 Å². The van der Waals surface area contributed by atoms with Crippen LogP contribution in [0.5, 0.6) is 0 Å². The third-order valence-electron chi connectivity index (χ3n) is 4.03. The summed E-state index contributed by atoms with van der Waals surface area (Å²) in [6, 6.07) is 22.6. The molecule has 0 atom stereocenters. The number of nitrogens with one attached hydrogen (secondary N) is 1. The molecule has 0 fully saturated rings. The Bertz CT molecular complexity index is 1250. The largest absolute Gasteiger partial charge is 0.367 e. The number of anilines is 3. The first-order valence-corrected chi connectivity index (χ1v) is 9.04. The molecule has 4 aromatic rings. The molecule has 3 N–H and O–H groups in total. The molecule has 0 aliphatic carbocycles. The van der Waals surface area contributed by atoms with Gasteiger partial charge in [0.25, 0.3) is 0 Å². The Labute approximate surface area is 165 Å². The second-order valence-corrected chi connectivity index (χ2v) is 6.84. The fourth-order valence-electron chi connectivity index (χ4n) is 2.68. The van der Waals surface area contributed by atoms with Gasteiger partial charge in [0.1, 0.15) is 0 Å². The van der Waals surface area contributed by atoms with E-state index in [1.54, 1.807) is 34.4 Å². The van der Waals surface area contributed by atoms with Crippen molar-refractivity contribution in [2.24, 2.45) is 0 Å². The zero-order valence-corrected chi connectivity index (χ0v) is 15.3. The van der Waals surface area contributed by atoms with Gasteiger partial charge in [-0.1, -0.05) is 18.2 Å². The van der Waals surface area contributed by atoms with E-state index in [4.69, 9.17) is 16.3 Å². The van der Waals surface area contributed by atoms with Crippen LogP contribution in [-0.2, 0) is 0 Å². The smallest absolute Gasteiger partial charge is 0.249 e. The number of hydrogen-bond donors (Lipinski definition) is 2. The van der Waals surface area contributed by atoms with E-state index in [-0.39, 0.29) is 5.95 Å². The molecule has 0 bridgehead atoms. The molecule has 134 valence electrons. The number of rotatable bonds is 4. The van der Waals surface area contributed by atoms with Crippen LogP contribution >= 0.6 is 11.9 Å². The first-order valence-electron chi connectivity index (χ1n) is 8.27. The molecule has 0 unspecified atom stereocenters. The summed E-state index contributed by atoms with van der Waals surface area (Å²) in [6.45, 7) is 0. The normalized spacial score (nSPS) is 10.4. The van der Waals surface area contributed by atoms with Gasteiger partial charge in [0.05, 0.1) is 23.3 Å². The van der Waals surface area contributed by atoms with Crippen LogP contribution in [0.2, 0.25) is 0 Å². The highest BCUT2D eigenvalue weighted by molar-refractivity contribution is 7.98. The molecule has 4 rings (SSSR count). The molecule has 3 aromatic carbocycles. The Hall–Kier alpha value is -4.01. The van der Waals surface area contributed by atoms with Gasteiger partial charge in [-0.15, -0.1) is 5.10 Å². The standard InChI is InChI=1S/C20H13N7S/c21-11-13-4-7-16(8-5-13)24-20-25-19(23)27(26-20)28-18-3-1-2-15-10-14(12-22)6-9-17(15)18/h1-10H,(H3,23,24,25,26). The van der Waals surface area contributed by atoms with E-state index in [9.17, 15) is 0 Å². The molecular weight excluding hydrogens is 370 g/mol. The predicted octanol–water partition coefficient (Wildman–Crippen LogP) is 4.06. The summed E-state index contributed by atoms with van der Waals surface area (Å²) >= 11 is 1.35. The summed E-state index contributed by atoms with van der Waals surface area (Å²) in [5.74, 6) is 0.619. The van der Waals surface area contributed by atoms with Gasteiger partial charge in [0, 0.05) is 22.5 Å². The quantitative estimate of drug-likeness (QED) is 0.546. The zero-order valence-electron chi connectivity index (χ0n) is 14.5. The lowest BCUT2D eigenvalue weighted by Crippen LogP contribution is -1.97. The Morgan fingerprint density at radius 1 is 0.964 bits per heavy atom. The van der Waals surface area contributed by atoms with Gasteiger partial charge in [-0.3, -0.25) is 0 Å². The van der Waals surface area contributed by atoms with Crippen molar-refractivity contribution >= 4 is 40.3 Å². The highest BCUT2D eigenvalue weighted by Gasteiger charge is 2.11. The molecule has 8 heteroatoms. The highest BCUT2D eigenvalue weighted by atomic mass is 32.2. The second-order valence-electron chi connectivity index (χ2n) is 5.88. The number of nitrogens with two attached hydrogens (primary N) is 1. The van der Waals surface area contributed by atoms with Crippen LogP contribution in [0.4, 0.5) is 17.6 Å². The second kappa shape index (κ2) is 7.31. The van der Waals surface area contributed by atoms with Crippen molar-refractivity contribution < 1.29 is 0 Å². The van der Waals surface area contributed by atoms with Crippen LogP contribution in [0, 0.1) is 22.7 Å². The van der Waals surface area contributed by atoms with Gasteiger partial charge in [0.2, 0.25) is 11.9 Å². The van der Waals surface area contributed by atoms with E-state index >= 15 is 0 Å². The fraction of sp³-hybridized carbons (Fsp3) is 0. The van der Waals surface area contributed by atoms with E-state index in [1.165, 1.54) is 11.9 Å². The van der Waals surface area contributed by atoms with Gasteiger partial charge in [-0.2, -0.15) is 19.6 Å². The predicted molar refractivity (Wildman–Crippen MR) is 109 cm³/mol. The zero-order chi connectivity index (χ0) is 19.5. The van der Waals surface area contributed by atoms with Crippen molar-refractivity contribution in [3.05, 3.63) is 71.8 Å². The fourth-order valence-corrected chi connectivity index (χ4v) is 3.55. The number of fused-ring (bicyclic) bond motifs is 1. The summed E-state index contributed by atoms with van der Waals surface area (Å²) in [6.07, 6.45) is 0. The van der Waals surface area contributed by atoms with Gasteiger partial charge < -0.3 is 11.1 Å². The minimum Gasteiger partial charge on any atom is -0.367 e. The Kier molecular flexibility index (Phi) is 4.55. The average Bonchev–Trinajstić information content (AvgIpc) is 3.07. The highest BCUT2D eigenvalue weighted by Crippen LogP contribution is 2.31. The van der Waals surface area contributed by atoms with Crippen molar-refractivity contribution in [2.45, 2.75) is 4.90 Å². The van der Waals surface area contributed by atoms with Gasteiger partial charge >= 0.3 is 0 Å². The van der Waals surface area contributed by atoms with Crippen LogP contribution < -0.4 is 11.1 Å². The van der Waals surface area contributed by atoms with Gasteiger partial charge in [0.15, 0.2) is 0 Å². The molecule has 7 nitrogen and oxygen atoms in total. The van der Waals surface area contributed by atoms with Crippen molar-refractivity contribution in [1.82, 2.24) is 14.2 Å². The van der Waals surface area contributed by atoms with Crippen molar-refractivity contribution in [3.63, 3.8) is 0 Å². The van der Waals surface area contributed by atoms with Crippen LogP contribution in [-0.4, -0.2) is 14.2 Å². The Morgan fingerprint density at radius 3 is 2.46 bits per heavy atom. The van der Waals surface area contributed by atoms with Crippen LogP contribution in [0.1, 0.15) is 11.1 Å². The van der Waals surface area contributed by atoms with E-state index in [0.29, 0.717) is 17.1 Å². The number of aromatic nitrogens is 3. The maximum absolute atomic E-state index is 9.07. The minimum atomic E-state index is 0.256. The number of benzene rings is 3. The molecule has 0 radical (unpaired) electrons.